The fourth-order valence-corrected chi connectivity index (χ4v) is 5.68. The van der Waals surface area contributed by atoms with Gasteiger partial charge in [0.05, 0.1) is 0 Å². The van der Waals surface area contributed by atoms with Gasteiger partial charge in [-0.1, -0.05) is 54.4 Å². The summed E-state index contributed by atoms with van der Waals surface area (Å²) in [7, 11) is 0. The standard InChI is InChI=1S/C24H44O/c1-22(2,15-18-9-10-18)11-12-23(3,4)21-14-19(21)16-24(5,6)20-8-7-13-25-17-20/h18-21H,7-17H2,1-6H3. The summed E-state index contributed by atoms with van der Waals surface area (Å²) in [5, 5.41) is 0. The van der Waals surface area contributed by atoms with E-state index in [9.17, 15) is 0 Å². The summed E-state index contributed by atoms with van der Waals surface area (Å²) in [6.45, 7) is 17.1. The minimum absolute atomic E-state index is 0.459. The van der Waals surface area contributed by atoms with Gasteiger partial charge in [0.25, 0.3) is 0 Å². The first-order valence-corrected chi connectivity index (χ1v) is 11.2. The van der Waals surface area contributed by atoms with Gasteiger partial charge in [0.1, 0.15) is 0 Å². The van der Waals surface area contributed by atoms with E-state index >= 15 is 0 Å². The van der Waals surface area contributed by atoms with E-state index in [4.69, 9.17) is 4.74 Å². The maximum absolute atomic E-state index is 5.78. The van der Waals surface area contributed by atoms with Crippen molar-refractivity contribution in [1.29, 1.82) is 0 Å². The fourth-order valence-electron chi connectivity index (χ4n) is 5.68. The molecule has 3 rings (SSSR count). The van der Waals surface area contributed by atoms with Crippen LogP contribution in [0.5, 0.6) is 0 Å². The number of hydrogen-bond donors (Lipinski definition) is 0. The summed E-state index contributed by atoms with van der Waals surface area (Å²) < 4.78 is 5.78. The van der Waals surface area contributed by atoms with Crippen molar-refractivity contribution in [2.24, 2.45) is 39.9 Å². The minimum Gasteiger partial charge on any atom is -0.381 e. The second-order valence-corrected chi connectivity index (χ2v) is 12.0. The monoisotopic (exact) mass is 348 g/mol. The predicted molar refractivity (Wildman–Crippen MR) is 108 cm³/mol. The molecule has 1 heterocycles. The molecular weight excluding hydrogens is 304 g/mol. The summed E-state index contributed by atoms with van der Waals surface area (Å²) in [5.41, 5.74) is 1.55. The molecule has 2 aliphatic carbocycles. The summed E-state index contributed by atoms with van der Waals surface area (Å²) in [6.07, 6.45) is 12.8. The maximum atomic E-state index is 5.78. The first kappa shape index (κ1) is 19.7. The number of rotatable bonds is 9. The molecule has 1 aliphatic heterocycles. The molecule has 0 N–H and O–H groups in total. The zero-order valence-corrected chi connectivity index (χ0v) is 18.0. The molecular formula is C24H44O. The average Bonchev–Trinajstić information content (AvgIpc) is 3.44. The zero-order chi connectivity index (χ0) is 18.3. The second kappa shape index (κ2) is 7.17. The van der Waals surface area contributed by atoms with Crippen LogP contribution in [0, 0.1) is 39.9 Å². The summed E-state index contributed by atoms with van der Waals surface area (Å²) in [5.74, 6) is 3.78. The molecule has 2 saturated carbocycles. The van der Waals surface area contributed by atoms with Gasteiger partial charge >= 0.3 is 0 Å². The molecule has 0 spiro atoms. The first-order valence-electron chi connectivity index (χ1n) is 11.2. The van der Waals surface area contributed by atoms with Gasteiger partial charge in [-0.15, -0.1) is 0 Å². The Hall–Kier alpha value is -0.0400. The topological polar surface area (TPSA) is 9.23 Å². The van der Waals surface area contributed by atoms with E-state index in [0.717, 1.165) is 36.9 Å². The van der Waals surface area contributed by atoms with Crippen molar-refractivity contribution in [2.45, 2.75) is 99.3 Å². The molecule has 0 aromatic carbocycles. The van der Waals surface area contributed by atoms with Crippen molar-refractivity contribution in [3.8, 4) is 0 Å². The van der Waals surface area contributed by atoms with Crippen LogP contribution in [0.4, 0.5) is 0 Å². The Balaban J connectivity index is 1.45. The van der Waals surface area contributed by atoms with Gasteiger partial charge in [0.15, 0.2) is 0 Å². The predicted octanol–water partition coefficient (Wildman–Crippen LogP) is 7.10. The summed E-state index contributed by atoms with van der Waals surface area (Å²) in [6, 6.07) is 0. The van der Waals surface area contributed by atoms with Crippen LogP contribution in [0.25, 0.3) is 0 Å². The van der Waals surface area contributed by atoms with Crippen LogP contribution in [0.1, 0.15) is 99.3 Å². The average molecular weight is 349 g/mol. The van der Waals surface area contributed by atoms with Crippen molar-refractivity contribution in [1.82, 2.24) is 0 Å². The van der Waals surface area contributed by atoms with Crippen molar-refractivity contribution >= 4 is 0 Å². The third-order valence-electron chi connectivity index (χ3n) is 7.96. The van der Waals surface area contributed by atoms with Crippen LogP contribution in [-0.2, 0) is 4.74 Å². The van der Waals surface area contributed by atoms with E-state index < -0.39 is 0 Å². The van der Waals surface area contributed by atoms with Crippen molar-refractivity contribution < 1.29 is 4.74 Å². The van der Waals surface area contributed by atoms with Crippen LogP contribution in [0.15, 0.2) is 0 Å². The third kappa shape index (κ3) is 5.47. The Morgan fingerprint density at radius 3 is 2.16 bits per heavy atom. The maximum Gasteiger partial charge on any atom is 0.0499 e. The lowest BCUT2D eigenvalue weighted by Crippen LogP contribution is -2.32. The molecule has 1 heteroatoms. The van der Waals surface area contributed by atoms with Gasteiger partial charge < -0.3 is 4.74 Å². The SMILES string of the molecule is CC(C)(CCC(C)(C)C1CC1CC(C)(C)C1CCCOC1)CC1CC1. The molecule has 0 aromatic heterocycles. The Morgan fingerprint density at radius 1 is 0.840 bits per heavy atom. The minimum atomic E-state index is 0.459. The summed E-state index contributed by atoms with van der Waals surface area (Å²) >= 11 is 0. The van der Waals surface area contributed by atoms with Crippen LogP contribution in [0.2, 0.25) is 0 Å². The van der Waals surface area contributed by atoms with Gasteiger partial charge in [-0.25, -0.2) is 0 Å². The molecule has 146 valence electrons. The first-order chi connectivity index (χ1) is 11.6. The van der Waals surface area contributed by atoms with Gasteiger partial charge in [-0.2, -0.15) is 0 Å². The van der Waals surface area contributed by atoms with Gasteiger partial charge in [0, 0.05) is 13.2 Å². The molecule has 0 amide bonds. The van der Waals surface area contributed by atoms with E-state index in [1.807, 2.05) is 0 Å². The van der Waals surface area contributed by atoms with E-state index in [1.165, 1.54) is 57.8 Å². The fraction of sp³-hybridized carbons (Fsp3) is 1.00. The molecule has 0 aromatic rings. The molecule has 3 fully saturated rings. The normalized spacial score (nSPS) is 31.2. The Bertz CT molecular complexity index is 437. The van der Waals surface area contributed by atoms with Crippen molar-refractivity contribution in [3.63, 3.8) is 0 Å². The highest BCUT2D eigenvalue weighted by Gasteiger charge is 2.50. The molecule has 0 radical (unpaired) electrons. The lowest BCUT2D eigenvalue weighted by atomic mass is 9.70. The highest BCUT2D eigenvalue weighted by Crippen LogP contribution is 2.59. The molecule has 1 nitrogen and oxygen atoms in total. The molecule has 3 unspecified atom stereocenters. The van der Waals surface area contributed by atoms with Crippen molar-refractivity contribution in [3.05, 3.63) is 0 Å². The van der Waals surface area contributed by atoms with E-state index in [-0.39, 0.29) is 0 Å². The summed E-state index contributed by atoms with van der Waals surface area (Å²) in [4.78, 5) is 0. The van der Waals surface area contributed by atoms with Crippen molar-refractivity contribution in [2.75, 3.05) is 13.2 Å². The third-order valence-corrected chi connectivity index (χ3v) is 7.96. The molecule has 3 aliphatic rings. The van der Waals surface area contributed by atoms with Gasteiger partial charge in [-0.05, 0) is 84.9 Å². The van der Waals surface area contributed by atoms with Crippen LogP contribution < -0.4 is 0 Å². The molecule has 3 atom stereocenters. The second-order valence-electron chi connectivity index (χ2n) is 12.0. The Kier molecular flexibility index (Phi) is 5.66. The number of ether oxygens (including phenoxy) is 1. The van der Waals surface area contributed by atoms with Crippen LogP contribution >= 0.6 is 0 Å². The lowest BCUT2D eigenvalue weighted by Gasteiger charge is -2.38. The molecule has 25 heavy (non-hydrogen) atoms. The Morgan fingerprint density at radius 2 is 1.56 bits per heavy atom. The molecule has 0 bridgehead atoms. The smallest absolute Gasteiger partial charge is 0.0499 e. The zero-order valence-electron chi connectivity index (χ0n) is 18.0. The number of hydrogen-bond acceptors (Lipinski definition) is 1. The van der Waals surface area contributed by atoms with Gasteiger partial charge in [0.2, 0.25) is 0 Å². The Labute approximate surface area is 157 Å². The quantitative estimate of drug-likeness (QED) is 0.432. The van der Waals surface area contributed by atoms with Gasteiger partial charge in [-0.3, -0.25) is 0 Å². The largest absolute Gasteiger partial charge is 0.381 e. The van der Waals surface area contributed by atoms with E-state index in [0.29, 0.717) is 16.2 Å². The highest BCUT2D eigenvalue weighted by molar-refractivity contribution is 4.99. The van der Waals surface area contributed by atoms with E-state index in [1.54, 1.807) is 0 Å². The highest BCUT2D eigenvalue weighted by atomic mass is 16.5. The van der Waals surface area contributed by atoms with Crippen LogP contribution in [0.3, 0.4) is 0 Å². The van der Waals surface area contributed by atoms with Crippen LogP contribution in [-0.4, -0.2) is 13.2 Å². The molecule has 1 saturated heterocycles. The van der Waals surface area contributed by atoms with E-state index in [2.05, 4.69) is 41.5 Å². The lowest BCUT2D eigenvalue weighted by molar-refractivity contribution is -0.00247.